The van der Waals surface area contributed by atoms with Gasteiger partial charge in [-0.1, -0.05) is 6.92 Å². The Hall–Kier alpha value is -1.58. The number of pyridine rings is 1. The zero-order valence-electron chi connectivity index (χ0n) is 8.59. The molecule has 4 N–H and O–H groups in total. The van der Waals surface area contributed by atoms with Crippen molar-refractivity contribution >= 4 is 11.7 Å². The van der Waals surface area contributed by atoms with E-state index in [9.17, 15) is 0 Å². The molecular formula is C10H16N4. The minimum Gasteiger partial charge on any atom is -0.384 e. The second-order valence-corrected chi connectivity index (χ2v) is 3.19. The number of anilines is 1. The standard InChI is InChI=1S/C10H16N4/c1-3-5-13-10-8(9(11)12)7(2)4-6-14-10/h4,6H,3,5H2,1-2H3,(H3,11,12)(H,13,14). The molecule has 0 atom stereocenters. The second-order valence-electron chi connectivity index (χ2n) is 3.19. The van der Waals surface area contributed by atoms with Gasteiger partial charge in [-0.25, -0.2) is 4.98 Å². The lowest BCUT2D eigenvalue weighted by molar-refractivity contribution is 0.967. The minimum atomic E-state index is 0.0641. The van der Waals surface area contributed by atoms with Crippen molar-refractivity contribution < 1.29 is 0 Å². The molecule has 4 nitrogen and oxygen atoms in total. The van der Waals surface area contributed by atoms with E-state index >= 15 is 0 Å². The van der Waals surface area contributed by atoms with E-state index in [2.05, 4.69) is 17.2 Å². The summed E-state index contributed by atoms with van der Waals surface area (Å²) in [6, 6.07) is 1.86. The summed E-state index contributed by atoms with van der Waals surface area (Å²) >= 11 is 0. The molecule has 14 heavy (non-hydrogen) atoms. The van der Waals surface area contributed by atoms with Crippen LogP contribution in [0.15, 0.2) is 12.3 Å². The van der Waals surface area contributed by atoms with Crippen molar-refractivity contribution in [2.45, 2.75) is 20.3 Å². The Morgan fingerprint density at radius 2 is 2.36 bits per heavy atom. The van der Waals surface area contributed by atoms with Gasteiger partial charge >= 0.3 is 0 Å². The topological polar surface area (TPSA) is 74.8 Å². The predicted octanol–water partition coefficient (Wildman–Crippen LogP) is 1.50. The van der Waals surface area contributed by atoms with Gasteiger partial charge in [0, 0.05) is 12.7 Å². The SMILES string of the molecule is CCCNc1nccc(C)c1C(=N)N. The smallest absolute Gasteiger partial charge is 0.137 e. The first-order chi connectivity index (χ1) is 6.66. The Bertz CT molecular complexity index is 333. The van der Waals surface area contributed by atoms with Crippen molar-refractivity contribution in [2.24, 2.45) is 5.73 Å². The predicted molar refractivity (Wildman–Crippen MR) is 58.8 cm³/mol. The summed E-state index contributed by atoms with van der Waals surface area (Å²) in [5.41, 5.74) is 7.18. The molecule has 0 fully saturated rings. The fraction of sp³-hybridized carbons (Fsp3) is 0.400. The first kappa shape index (κ1) is 10.5. The van der Waals surface area contributed by atoms with E-state index in [4.69, 9.17) is 11.1 Å². The molecule has 0 aliphatic rings. The summed E-state index contributed by atoms with van der Waals surface area (Å²) in [7, 11) is 0. The third-order valence-corrected chi connectivity index (χ3v) is 1.97. The molecule has 0 spiro atoms. The summed E-state index contributed by atoms with van der Waals surface area (Å²) in [5, 5.41) is 10.6. The highest BCUT2D eigenvalue weighted by Gasteiger charge is 2.08. The Morgan fingerprint density at radius 1 is 1.64 bits per heavy atom. The van der Waals surface area contributed by atoms with Gasteiger partial charge < -0.3 is 11.1 Å². The van der Waals surface area contributed by atoms with Crippen molar-refractivity contribution in [3.8, 4) is 0 Å². The van der Waals surface area contributed by atoms with Crippen LogP contribution >= 0.6 is 0 Å². The average Bonchev–Trinajstić information content (AvgIpc) is 2.14. The second kappa shape index (κ2) is 4.60. The zero-order chi connectivity index (χ0) is 10.6. The zero-order valence-corrected chi connectivity index (χ0v) is 8.59. The molecule has 0 amide bonds. The first-order valence-corrected chi connectivity index (χ1v) is 4.70. The third kappa shape index (κ3) is 2.22. The maximum atomic E-state index is 7.45. The van der Waals surface area contributed by atoms with Crippen molar-refractivity contribution in [1.82, 2.24) is 4.98 Å². The van der Waals surface area contributed by atoms with Crippen LogP contribution in [0.3, 0.4) is 0 Å². The van der Waals surface area contributed by atoms with Gasteiger partial charge in [-0.2, -0.15) is 0 Å². The van der Waals surface area contributed by atoms with Crippen LogP contribution in [0, 0.1) is 12.3 Å². The number of amidine groups is 1. The van der Waals surface area contributed by atoms with Crippen LogP contribution in [-0.2, 0) is 0 Å². The summed E-state index contributed by atoms with van der Waals surface area (Å²) in [4.78, 5) is 4.17. The quantitative estimate of drug-likeness (QED) is 0.500. The molecule has 1 heterocycles. The molecule has 0 bridgehead atoms. The van der Waals surface area contributed by atoms with Crippen molar-refractivity contribution in [2.75, 3.05) is 11.9 Å². The van der Waals surface area contributed by atoms with Crippen LogP contribution < -0.4 is 11.1 Å². The van der Waals surface area contributed by atoms with Crippen molar-refractivity contribution in [3.63, 3.8) is 0 Å². The number of hydrogen-bond donors (Lipinski definition) is 3. The van der Waals surface area contributed by atoms with Crippen LogP contribution in [-0.4, -0.2) is 17.4 Å². The van der Waals surface area contributed by atoms with E-state index in [-0.39, 0.29) is 5.84 Å². The molecule has 0 aliphatic heterocycles. The Kier molecular flexibility index (Phi) is 3.45. The van der Waals surface area contributed by atoms with Gasteiger partial charge in [-0.3, -0.25) is 5.41 Å². The van der Waals surface area contributed by atoms with Crippen LogP contribution in [0.2, 0.25) is 0 Å². The van der Waals surface area contributed by atoms with Crippen molar-refractivity contribution in [3.05, 3.63) is 23.4 Å². The fourth-order valence-electron chi connectivity index (χ4n) is 1.28. The molecule has 0 unspecified atom stereocenters. The van der Waals surface area contributed by atoms with Crippen LogP contribution in [0.5, 0.6) is 0 Å². The Labute approximate surface area is 84.1 Å². The molecule has 76 valence electrons. The van der Waals surface area contributed by atoms with Gasteiger partial charge in [-0.05, 0) is 25.0 Å². The molecule has 1 rings (SSSR count). The molecular weight excluding hydrogens is 176 g/mol. The normalized spacial score (nSPS) is 9.86. The number of nitrogens with one attached hydrogen (secondary N) is 2. The first-order valence-electron chi connectivity index (χ1n) is 4.70. The molecule has 0 aromatic carbocycles. The largest absolute Gasteiger partial charge is 0.384 e. The molecule has 4 heteroatoms. The Balaban J connectivity index is 3.02. The highest BCUT2D eigenvalue weighted by atomic mass is 15.0. The lowest BCUT2D eigenvalue weighted by atomic mass is 10.1. The third-order valence-electron chi connectivity index (χ3n) is 1.97. The highest BCUT2D eigenvalue weighted by Crippen LogP contribution is 2.15. The summed E-state index contributed by atoms with van der Waals surface area (Å²) in [6.45, 7) is 4.85. The van der Waals surface area contributed by atoms with Gasteiger partial charge in [0.2, 0.25) is 0 Å². The lowest BCUT2D eigenvalue weighted by Crippen LogP contribution is -2.17. The van der Waals surface area contributed by atoms with Crippen LogP contribution in [0.4, 0.5) is 5.82 Å². The summed E-state index contributed by atoms with van der Waals surface area (Å²) in [6.07, 6.45) is 2.74. The number of aromatic nitrogens is 1. The van der Waals surface area contributed by atoms with E-state index in [1.807, 2.05) is 13.0 Å². The number of nitrogen functional groups attached to an aromatic ring is 1. The number of nitrogens with two attached hydrogens (primary N) is 1. The van der Waals surface area contributed by atoms with E-state index in [1.54, 1.807) is 6.20 Å². The number of nitrogens with zero attached hydrogens (tertiary/aromatic N) is 1. The summed E-state index contributed by atoms with van der Waals surface area (Å²) in [5.74, 6) is 0.772. The van der Waals surface area contributed by atoms with E-state index in [0.717, 1.165) is 18.5 Å². The molecule has 0 saturated carbocycles. The average molecular weight is 192 g/mol. The number of aryl methyl sites for hydroxylation is 1. The van der Waals surface area contributed by atoms with Gasteiger partial charge in [0.1, 0.15) is 11.7 Å². The lowest BCUT2D eigenvalue weighted by Gasteiger charge is -2.11. The Morgan fingerprint density at radius 3 is 2.93 bits per heavy atom. The summed E-state index contributed by atoms with van der Waals surface area (Å²) < 4.78 is 0. The van der Waals surface area contributed by atoms with Crippen LogP contribution in [0.1, 0.15) is 24.5 Å². The molecule has 0 saturated heterocycles. The van der Waals surface area contributed by atoms with E-state index < -0.39 is 0 Å². The fourth-order valence-corrected chi connectivity index (χ4v) is 1.28. The maximum absolute atomic E-state index is 7.45. The van der Waals surface area contributed by atoms with Gasteiger partial charge in [-0.15, -0.1) is 0 Å². The maximum Gasteiger partial charge on any atom is 0.137 e. The van der Waals surface area contributed by atoms with Gasteiger partial charge in [0.15, 0.2) is 0 Å². The molecule has 0 aliphatic carbocycles. The number of rotatable bonds is 4. The van der Waals surface area contributed by atoms with Gasteiger partial charge in [0.25, 0.3) is 0 Å². The molecule has 1 aromatic heterocycles. The highest BCUT2D eigenvalue weighted by molar-refractivity contribution is 6.00. The monoisotopic (exact) mass is 192 g/mol. The van der Waals surface area contributed by atoms with E-state index in [0.29, 0.717) is 11.4 Å². The van der Waals surface area contributed by atoms with E-state index in [1.165, 1.54) is 0 Å². The molecule has 1 aromatic rings. The minimum absolute atomic E-state index is 0.0641. The molecule has 0 radical (unpaired) electrons. The van der Waals surface area contributed by atoms with Crippen LogP contribution in [0.25, 0.3) is 0 Å². The van der Waals surface area contributed by atoms with Crippen molar-refractivity contribution in [1.29, 1.82) is 5.41 Å². The van der Waals surface area contributed by atoms with Gasteiger partial charge in [0.05, 0.1) is 5.56 Å². The number of hydrogen-bond acceptors (Lipinski definition) is 3.